The Labute approximate surface area is 123 Å². The molecule has 20 heavy (non-hydrogen) atoms. The van der Waals surface area contributed by atoms with Crippen LogP contribution in [0, 0.1) is 0 Å². The quantitative estimate of drug-likeness (QED) is 0.440. The monoisotopic (exact) mass is 305 g/mol. The van der Waals surface area contributed by atoms with Crippen molar-refractivity contribution in [2.75, 3.05) is 7.11 Å². The molecule has 0 aromatic heterocycles. The van der Waals surface area contributed by atoms with E-state index in [-0.39, 0.29) is 0 Å². The van der Waals surface area contributed by atoms with Gasteiger partial charge in [0.25, 0.3) is 0 Å². The molecule has 0 N–H and O–H groups in total. The first-order chi connectivity index (χ1) is 8.90. The lowest BCUT2D eigenvalue weighted by Crippen LogP contribution is -2.37. The lowest BCUT2D eigenvalue weighted by molar-refractivity contribution is -0.155. The third-order valence-electron chi connectivity index (χ3n) is 2.56. The number of carbonyl (C=O) groups excluding carboxylic acids is 2. The van der Waals surface area contributed by atoms with Gasteiger partial charge in [0.2, 0.25) is 0 Å². The van der Waals surface area contributed by atoms with Gasteiger partial charge in [0.1, 0.15) is 10.3 Å². The molecule has 1 aliphatic rings. The summed E-state index contributed by atoms with van der Waals surface area (Å²) >= 11 is -1.48. The summed E-state index contributed by atoms with van der Waals surface area (Å²) in [4.78, 5) is 23.8. The predicted octanol–water partition coefficient (Wildman–Crippen LogP) is 1.02. The van der Waals surface area contributed by atoms with Crippen LogP contribution >= 0.6 is 0 Å². The second-order valence-electron chi connectivity index (χ2n) is 6.67. The number of rotatable bonds is 3. The van der Waals surface area contributed by atoms with Gasteiger partial charge in [-0.2, -0.15) is 0 Å². The number of carbonyl (C=O) groups is 2. The van der Waals surface area contributed by atoms with Crippen LogP contribution in [-0.4, -0.2) is 50.3 Å². The molecule has 7 heteroatoms. The van der Waals surface area contributed by atoms with Crippen LogP contribution in [0.1, 0.15) is 41.5 Å². The first-order valence-electron chi connectivity index (χ1n) is 6.41. The molecular formula is C13H23NO5S. The SMILES string of the molecule is COC(=O)[C@@H]1[C@H](C(=O)OC(C)(C)C)[N@]1[S@+]([O-])C(C)(C)C. The van der Waals surface area contributed by atoms with Crippen LogP contribution in [0.2, 0.25) is 0 Å². The minimum absolute atomic E-state index is 0.550. The minimum Gasteiger partial charge on any atom is -0.597 e. The maximum Gasteiger partial charge on any atom is 0.331 e. The Balaban J connectivity index is 2.88. The second kappa shape index (κ2) is 5.54. The molecule has 6 nitrogen and oxygen atoms in total. The fourth-order valence-electron chi connectivity index (χ4n) is 1.68. The third kappa shape index (κ3) is 3.86. The van der Waals surface area contributed by atoms with Crippen molar-refractivity contribution in [2.24, 2.45) is 0 Å². The van der Waals surface area contributed by atoms with E-state index in [4.69, 9.17) is 4.74 Å². The summed E-state index contributed by atoms with van der Waals surface area (Å²) in [6.07, 6.45) is 0. The maximum atomic E-state index is 12.4. The average molecular weight is 305 g/mol. The zero-order valence-corrected chi connectivity index (χ0v) is 13.9. The molecule has 1 fully saturated rings. The molecule has 1 rings (SSSR count). The molecule has 0 amide bonds. The van der Waals surface area contributed by atoms with Crippen molar-refractivity contribution in [1.29, 1.82) is 0 Å². The number of ether oxygens (including phenoxy) is 2. The van der Waals surface area contributed by atoms with Gasteiger partial charge in [0.05, 0.1) is 7.11 Å². The molecule has 1 saturated heterocycles. The van der Waals surface area contributed by atoms with Crippen molar-refractivity contribution in [1.82, 2.24) is 4.31 Å². The van der Waals surface area contributed by atoms with Crippen molar-refractivity contribution in [3.8, 4) is 0 Å². The highest BCUT2D eigenvalue weighted by Gasteiger charge is 2.68. The summed E-state index contributed by atoms with van der Waals surface area (Å²) in [6.45, 7) is 10.6. The van der Waals surface area contributed by atoms with Gasteiger partial charge in [-0.1, -0.05) is 4.31 Å². The average Bonchev–Trinajstić information content (AvgIpc) is 2.98. The van der Waals surface area contributed by atoms with Crippen molar-refractivity contribution in [3.63, 3.8) is 0 Å². The fourth-order valence-corrected chi connectivity index (χ4v) is 3.08. The molecule has 1 aliphatic heterocycles. The smallest absolute Gasteiger partial charge is 0.331 e. The van der Waals surface area contributed by atoms with E-state index in [0.29, 0.717) is 0 Å². The van der Waals surface area contributed by atoms with Crippen LogP contribution in [0.4, 0.5) is 0 Å². The van der Waals surface area contributed by atoms with Crippen molar-refractivity contribution >= 4 is 23.3 Å². The Bertz CT molecular complexity index is 399. The van der Waals surface area contributed by atoms with Gasteiger partial charge in [-0.25, -0.2) is 0 Å². The lowest BCUT2D eigenvalue weighted by Gasteiger charge is -2.24. The normalized spacial score (nSPS) is 27.7. The van der Waals surface area contributed by atoms with Gasteiger partial charge in [-0.05, 0) is 41.5 Å². The molecule has 0 unspecified atom stereocenters. The minimum atomic E-state index is -1.48. The van der Waals surface area contributed by atoms with Gasteiger partial charge in [0.15, 0.2) is 12.1 Å². The predicted molar refractivity (Wildman–Crippen MR) is 75.2 cm³/mol. The number of methoxy groups -OCH3 is 1. The molecule has 0 radical (unpaired) electrons. The zero-order chi connectivity index (χ0) is 15.9. The van der Waals surface area contributed by atoms with Gasteiger partial charge >= 0.3 is 11.9 Å². The first-order valence-corrected chi connectivity index (χ1v) is 7.52. The largest absolute Gasteiger partial charge is 0.597 e. The highest BCUT2D eigenvalue weighted by Crippen LogP contribution is 2.39. The second-order valence-corrected chi connectivity index (χ2v) is 8.81. The van der Waals surface area contributed by atoms with E-state index in [1.807, 2.05) is 0 Å². The Hall–Kier alpha value is -0.790. The summed E-state index contributed by atoms with van der Waals surface area (Å²) in [5.41, 5.74) is -0.658. The van der Waals surface area contributed by atoms with Gasteiger partial charge < -0.3 is 14.0 Å². The molecule has 0 saturated carbocycles. The Morgan fingerprint density at radius 1 is 1.05 bits per heavy atom. The summed E-state index contributed by atoms with van der Waals surface area (Å²) in [6, 6.07) is -1.66. The highest BCUT2D eigenvalue weighted by atomic mass is 32.2. The van der Waals surface area contributed by atoms with E-state index >= 15 is 0 Å². The van der Waals surface area contributed by atoms with Crippen molar-refractivity contribution in [3.05, 3.63) is 0 Å². The molecule has 1 heterocycles. The summed E-state index contributed by atoms with van der Waals surface area (Å²) in [7, 11) is 1.24. The summed E-state index contributed by atoms with van der Waals surface area (Å²) in [5.74, 6) is -1.12. The summed E-state index contributed by atoms with van der Waals surface area (Å²) < 4.78 is 23.1. The first kappa shape index (κ1) is 17.3. The zero-order valence-electron chi connectivity index (χ0n) is 13.1. The van der Waals surface area contributed by atoms with E-state index in [0.717, 1.165) is 0 Å². The number of hydrogen-bond acceptors (Lipinski definition) is 6. The Kier molecular flexibility index (Phi) is 4.78. The highest BCUT2D eigenvalue weighted by molar-refractivity contribution is 7.90. The Morgan fingerprint density at radius 3 is 1.85 bits per heavy atom. The van der Waals surface area contributed by atoms with Crippen LogP contribution in [0.25, 0.3) is 0 Å². The van der Waals surface area contributed by atoms with Gasteiger partial charge in [0, 0.05) is 11.4 Å². The van der Waals surface area contributed by atoms with Crippen molar-refractivity contribution in [2.45, 2.75) is 64.0 Å². The van der Waals surface area contributed by atoms with Crippen LogP contribution in [0.3, 0.4) is 0 Å². The van der Waals surface area contributed by atoms with E-state index in [2.05, 4.69) is 4.74 Å². The Morgan fingerprint density at radius 2 is 1.50 bits per heavy atom. The van der Waals surface area contributed by atoms with Crippen LogP contribution < -0.4 is 0 Å². The molecule has 0 aromatic carbocycles. The van der Waals surface area contributed by atoms with E-state index < -0.39 is 45.7 Å². The number of hydrogen-bond donors (Lipinski definition) is 0. The van der Waals surface area contributed by atoms with E-state index in [1.165, 1.54) is 11.4 Å². The topological polar surface area (TPSA) is 78.7 Å². The van der Waals surface area contributed by atoms with Crippen LogP contribution in [0.5, 0.6) is 0 Å². The van der Waals surface area contributed by atoms with Gasteiger partial charge in [-0.3, -0.25) is 9.59 Å². The molecule has 0 spiro atoms. The molecule has 0 bridgehead atoms. The molecular weight excluding hydrogens is 282 g/mol. The fraction of sp³-hybridized carbons (Fsp3) is 0.846. The maximum absolute atomic E-state index is 12.4. The van der Waals surface area contributed by atoms with Gasteiger partial charge in [-0.15, -0.1) is 0 Å². The standard InChI is InChI=1S/C13H23NO5S/c1-12(2,3)19-11(16)9-8(10(15)18-7)14(9)20(17)13(4,5)6/h8-9H,1-7H3/t8-,9+,14+,20+/m0/s1. The molecule has 0 aromatic rings. The van der Waals surface area contributed by atoms with Crippen LogP contribution in [0.15, 0.2) is 0 Å². The number of nitrogens with zero attached hydrogens (tertiary/aromatic N) is 1. The number of esters is 2. The lowest BCUT2D eigenvalue weighted by atomic mass is 10.2. The van der Waals surface area contributed by atoms with Crippen molar-refractivity contribution < 1.29 is 23.6 Å². The molecule has 116 valence electrons. The van der Waals surface area contributed by atoms with E-state index in [9.17, 15) is 14.1 Å². The third-order valence-corrected chi connectivity index (χ3v) is 4.45. The van der Waals surface area contributed by atoms with Crippen LogP contribution in [-0.2, 0) is 30.4 Å². The van der Waals surface area contributed by atoms with E-state index in [1.54, 1.807) is 41.5 Å². The molecule has 4 atom stereocenters. The summed E-state index contributed by atoms with van der Waals surface area (Å²) in [5, 5.41) is 0. The molecule has 0 aliphatic carbocycles.